The Morgan fingerprint density at radius 2 is 2.26 bits per heavy atom. The minimum absolute atomic E-state index is 0.0296. The van der Waals surface area contributed by atoms with Crippen LogP contribution in [-0.2, 0) is 12.8 Å². The molecule has 2 N–H and O–H groups in total. The number of nitrogens with zero attached hydrogens (tertiary/aromatic N) is 1. The van der Waals surface area contributed by atoms with E-state index in [1.165, 1.54) is 22.0 Å². The summed E-state index contributed by atoms with van der Waals surface area (Å²) in [5.74, 6) is 0. The molecule has 1 unspecified atom stereocenters. The van der Waals surface area contributed by atoms with E-state index in [9.17, 15) is 4.79 Å². The van der Waals surface area contributed by atoms with Crippen molar-refractivity contribution in [2.75, 3.05) is 13.6 Å². The average molecular weight is 257 g/mol. The number of benzene rings is 1. The molecular formula is C15H19N3O. The van der Waals surface area contributed by atoms with Gasteiger partial charge in [-0.2, -0.15) is 0 Å². The highest BCUT2D eigenvalue weighted by molar-refractivity contribution is 5.84. The Hall–Kier alpha value is -1.97. The molecule has 4 nitrogen and oxygen atoms in total. The zero-order valence-electron chi connectivity index (χ0n) is 11.4. The van der Waals surface area contributed by atoms with Gasteiger partial charge < -0.3 is 15.2 Å². The van der Waals surface area contributed by atoms with Gasteiger partial charge in [-0.1, -0.05) is 13.0 Å². The molecule has 0 saturated carbocycles. The van der Waals surface area contributed by atoms with Crippen LogP contribution in [0.5, 0.6) is 0 Å². The summed E-state index contributed by atoms with van der Waals surface area (Å²) in [6.45, 7) is 2.95. The van der Waals surface area contributed by atoms with E-state index in [1.54, 1.807) is 4.90 Å². The van der Waals surface area contributed by atoms with Gasteiger partial charge >= 0.3 is 6.03 Å². The Morgan fingerprint density at radius 1 is 1.42 bits per heavy atom. The number of aryl methyl sites for hydroxylation is 1. The highest BCUT2D eigenvalue weighted by Crippen LogP contribution is 2.21. The van der Waals surface area contributed by atoms with Crippen molar-refractivity contribution in [2.45, 2.75) is 25.8 Å². The fourth-order valence-electron chi connectivity index (χ4n) is 2.79. The van der Waals surface area contributed by atoms with Gasteiger partial charge in [0.2, 0.25) is 0 Å². The molecule has 1 fully saturated rings. The monoisotopic (exact) mass is 257 g/mol. The zero-order valence-corrected chi connectivity index (χ0v) is 11.4. The highest BCUT2D eigenvalue weighted by Gasteiger charge is 2.25. The second-order valence-corrected chi connectivity index (χ2v) is 5.28. The number of likely N-dealkylation sites (N-methyl/N-ethyl adjacent to an activating group) is 1. The molecule has 0 bridgehead atoms. The third-order valence-electron chi connectivity index (χ3n) is 3.86. The van der Waals surface area contributed by atoms with Gasteiger partial charge in [0.15, 0.2) is 0 Å². The Morgan fingerprint density at radius 3 is 2.95 bits per heavy atom. The molecule has 100 valence electrons. The van der Waals surface area contributed by atoms with E-state index in [-0.39, 0.29) is 12.1 Å². The maximum absolute atomic E-state index is 11.5. The van der Waals surface area contributed by atoms with E-state index in [0.29, 0.717) is 0 Å². The molecule has 1 saturated heterocycles. The summed E-state index contributed by atoms with van der Waals surface area (Å²) in [4.78, 5) is 16.5. The predicted molar refractivity (Wildman–Crippen MR) is 76.3 cm³/mol. The maximum Gasteiger partial charge on any atom is 0.317 e. The lowest BCUT2D eigenvalue weighted by Gasteiger charge is -2.09. The second-order valence-electron chi connectivity index (χ2n) is 5.28. The molecule has 1 aromatic carbocycles. The van der Waals surface area contributed by atoms with Crippen LogP contribution in [0.25, 0.3) is 10.9 Å². The lowest BCUT2D eigenvalue weighted by Crippen LogP contribution is -2.28. The number of amides is 2. The van der Waals surface area contributed by atoms with Crippen LogP contribution in [0.4, 0.5) is 4.79 Å². The van der Waals surface area contributed by atoms with Gasteiger partial charge in [0, 0.05) is 30.7 Å². The van der Waals surface area contributed by atoms with Crippen molar-refractivity contribution in [3.8, 4) is 0 Å². The topological polar surface area (TPSA) is 48.1 Å². The minimum atomic E-state index is 0.0296. The predicted octanol–water partition coefficient (Wildman–Crippen LogP) is 2.30. The molecule has 2 amide bonds. The zero-order chi connectivity index (χ0) is 13.4. The molecule has 0 radical (unpaired) electrons. The van der Waals surface area contributed by atoms with Crippen molar-refractivity contribution in [2.24, 2.45) is 0 Å². The summed E-state index contributed by atoms with van der Waals surface area (Å²) in [5.41, 5.74) is 3.82. The Bertz CT molecular complexity index is 617. The fourth-order valence-corrected chi connectivity index (χ4v) is 2.79. The van der Waals surface area contributed by atoms with Crippen molar-refractivity contribution < 1.29 is 4.79 Å². The van der Waals surface area contributed by atoms with Gasteiger partial charge in [0.25, 0.3) is 0 Å². The average Bonchev–Trinajstić information content (AvgIpc) is 2.93. The molecule has 1 aliphatic heterocycles. The van der Waals surface area contributed by atoms with Crippen LogP contribution >= 0.6 is 0 Å². The van der Waals surface area contributed by atoms with Crippen molar-refractivity contribution in [1.29, 1.82) is 0 Å². The smallest absolute Gasteiger partial charge is 0.317 e. The van der Waals surface area contributed by atoms with Gasteiger partial charge in [-0.05, 0) is 36.1 Å². The maximum atomic E-state index is 11.5. The first-order valence-electron chi connectivity index (χ1n) is 6.78. The van der Waals surface area contributed by atoms with Crippen molar-refractivity contribution in [3.05, 3.63) is 35.5 Å². The number of hydrogen-bond acceptors (Lipinski definition) is 1. The first-order chi connectivity index (χ1) is 9.17. The number of carbonyl (C=O) groups excluding carboxylic acids is 1. The minimum Gasteiger partial charge on any atom is -0.361 e. The summed E-state index contributed by atoms with van der Waals surface area (Å²) in [6.07, 6.45) is 4.01. The molecule has 0 aliphatic carbocycles. The molecule has 1 atom stereocenters. The van der Waals surface area contributed by atoms with Gasteiger partial charge in [-0.3, -0.25) is 0 Å². The Labute approximate surface area is 112 Å². The number of urea groups is 1. The Balaban J connectivity index is 1.83. The number of rotatable bonds is 3. The van der Waals surface area contributed by atoms with Crippen LogP contribution in [0.1, 0.15) is 18.1 Å². The summed E-state index contributed by atoms with van der Waals surface area (Å²) in [7, 11) is 1.83. The van der Waals surface area contributed by atoms with E-state index in [1.807, 2.05) is 7.05 Å². The molecule has 2 heterocycles. The van der Waals surface area contributed by atoms with E-state index in [0.717, 1.165) is 19.4 Å². The first-order valence-corrected chi connectivity index (χ1v) is 6.78. The number of carbonyl (C=O) groups is 1. The molecule has 4 heteroatoms. The van der Waals surface area contributed by atoms with Crippen molar-refractivity contribution >= 4 is 16.9 Å². The van der Waals surface area contributed by atoms with Crippen LogP contribution in [0, 0.1) is 0 Å². The molecule has 2 aromatic rings. The number of nitrogens with one attached hydrogen (secondary N) is 2. The lowest BCUT2D eigenvalue weighted by molar-refractivity contribution is 0.226. The number of H-pyrrole nitrogens is 1. The van der Waals surface area contributed by atoms with Crippen LogP contribution in [0.3, 0.4) is 0 Å². The first kappa shape index (κ1) is 12.1. The van der Waals surface area contributed by atoms with E-state index >= 15 is 0 Å². The van der Waals surface area contributed by atoms with Crippen LogP contribution in [0.2, 0.25) is 0 Å². The quantitative estimate of drug-likeness (QED) is 0.871. The third kappa shape index (κ3) is 2.18. The van der Waals surface area contributed by atoms with E-state index < -0.39 is 0 Å². The Kier molecular flexibility index (Phi) is 2.93. The lowest BCUT2D eigenvalue weighted by atomic mass is 10.0. The van der Waals surface area contributed by atoms with Crippen LogP contribution in [0.15, 0.2) is 24.4 Å². The summed E-state index contributed by atoms with van der Waals surface area (Å²) in [5, 5.41) is 4.31. The number of hydrogen-bond donors (Lipinski definition) is 2. The molecular weight excluding hydrogens is 238 g/mol. The van der Waals surface area contributed by atoms with Gasteiger partial charge in [-0.15, -0.1) is 0 Å². The highest BCUT2D eigenvalue weighted by atomic mass is 16.2. The second kappa shape index (κ2) is 4.61. The van der Waals surface area contributed by atoms with Gasteiger partial charge in [0.05, 0.1) is 6.04 Å². The molecule has 3 rings (SSSR count). The standard InChI is InChI=1S/C15H19N3O/c1-3-11-8-16-14-5-4-10(7-13(11)14)6-12-9-18(2)15(19)17-12/h4-5,7-8,12,16H,3,6,9H2,1-2H3,(H,17,19). The molecule has 0 spiro atoms. The summed E-state index contributed by atoms with van der Waals surface area (Å²) >= 11 is 0. The van der Waals surface area contributed by atoms with Gasteiger partial charge in [-0.25, -0.2) is 4.79 Å². The molecule has 19 heavy (non-hydrogen) atoms. The van der Waals surface area contributed by atoms with E-state index in [4.69, 9.17) is 0 Å². The van der Waals surface area contributed by atoms with E-state index in [2.05, 4.69) is 41.6 Å². The van der Waals surface area contributed by atoms with Gasteiger partial charge in [0.1, 0.15) is 0 Å². The third-order valence-corrected chi connectivity index (χ3v) is 3.86. The van der Waals surface area contributed by atoms with Crippen LogP contribution < -0.4 is 5.32 Å². The fraction of sp³-hybridized carbons (Fsp3) is 0.400. The number of fused-ring (bicyclic) bond motifs is 1. The van der Waals surface area contributed by atoms with Crippen molar-refractivity contribution in [1.82, 2.24) is 15.2 Å². The molecule has 1 aliphatic rings. The summed E-state index contributed by atoms with van der Waals surface area (Å²) in [6, 6.07) is 6.77. The normalized spacial score (nSPS) is 19.2. The number of aromatic amines is 1. The van der Waals surface area contributed by atoms with Crippen LogP contribution in [-0.4, -0.2) is 35.5 Å². The summed E-state index contributed by atoms with van der Waals surface area (Å²) < 4.78 is 0. The molecule has 1 aromatic heterocycles. The number of aromatic nitrogens is 1. The SMILES string of the molecule is CCc1c[nH]c2ccc(CC3CN(C)C(=O)N3)cc12. The van der Waals surface area contributed by atoms with Crippen molar-refractivity contribution in [3.63, 3.8) is 0 Å². The largest absolute Gasteiger partial charge is 0.361 e.